The fourth-order valence-corrected chi connectivity index (χ4v) is 6.46. The van der Waals surface area contributed by atoms with Crippen molar-refractivity contribution < 1.29 is 0 Å². The van der Waals surface area contributed by atoms with Crippen molar-refractivity contribution in [2.75, 3.05) is 4.90 Å². The van der Waals surface area contributed by atoms with Crippen molar-refractivity contribution in [1.82, 2.24) is 0 Å². The normalized spacial score (nSPS) is 11.3. The molecule has 0 aliphatic carbocycles. The Morgan fingerprint density at radius 2 is 0.721 bits per heavy atom. The second-order valence-electron chi connectivity index (χ2n) is 11.0. The summed E-state index contributed by atoms with van der Waals surface area (Å²) in [5, 5.41) is 7.57. The second kappa shape index (κ2) is 10.6. The van der Waals surface area contributed by atoms with E-state index in [1.54, 1.807) is 0 Å². The van der Waals surface area contributed by atoms with Crippen molar-refractivity contribution in [2.24, 2.45) is 0 Å². The molecule has 0 saturated carbocycles. The van der Waals surface area contributed by atoms with E-state index < -0.39 is 0 Å². The van der Waals surface area contributed by atoms with Crippen LogP contribution in [0.5, 0.6) is 0 Å². The number of hydrogen-bond donors (Lipinski definition) is 0. The van der Waals surface area contributed by atoms with Gasteiger partial charge in [-0.1, -0.05) is 140 Å². The molecule has 0 aromatic heterocycles. The van der Waals surface area contributed by atoms with Gasteiger partial charge in [-0.25, -0.2) is 0 Å². The SMILES string of the molecule is c1ccc(-c2c(-c3ccc(N(c4ccccc4)c4ccc5ccccc5c4)cc3)c3ccccc3c3ccccc23)cc1. The zero-order valence-electron chi connectivity index (χ0n) is 23.7. The zero-order chi connectivity index (χ0) is 28.6. The molecular weight excluding hydrogens is 518 g/mol. The maximum absolute atomic E-state index is 2.34. The van der Waals surface area contributed by atoms with E-state index in [4.69, 9.17) is 0 Å². The number of rotatable bonds is 5. The van der Waals surface area contributed by atoms with Crippen LogP contribution in [0.2, 0.25) is 0 Å². The smallest absolute Gasteiger partial charge is 0.0468 e. The highest BCUT2D eigenvalue weighted by Crippen LogP contribution is 2.45. The van der Waals surface area contributed by atoms with Gasteiger partial charge >= 0.3 is 0 Å². The lowest BCUT2D eigenvalue weighted by atomic mass is 9.85. The topological polar surface area (TPSA) is 3.24 Å². The highest BCUT2D eigenvalue weighted by Gasteiger charge is 2.18. The number of anilines is 3. The molecule has 0 spiro atoms. The van der Waals surface area contributed by atoms with Crippen LogP contribution in [-0.2, 0) is 0 Å². The first kappa shape index (κ1) is 25.1. The summed E-state index contributed by atoms with van der Waals surface area (Å²) in [6.07, 6.45) is 0. The fourth-order valence-electron chi connectivity index (χ4n) is 6.46. The molecule has 0 N–H and O–H groups in total. The van der Waals surface area contributed by atoms with Gasteiger partial charge in [0.2, 0.25) is 0 Å². The largest absolute Gasteiger partial charge is 0.310 e. The summed E-state index contributed by atoms with van der Waals surface area (Å²) in [5.41, 5.74) is 8.37. The Morgan fingerprint density at radius 3 is 1.35 bits per heavy atom. The van der Waals surface area contributed by atoms with Crippen molar-refractivity contribution in [3.8, 4) is 22.3 Å². The molecule has 8 aromatic carbocycles. The van der Waals surface area contributed by atoms with Crippen LogP contribution in [0.3, 0.4) is 0 Å². The lowest BCUT2D eigenvalue weighted by molar-refractivity contribution is 1.29. The summed E-state index contributed by atoms with van der Waals surface area (Å²) in [7, 11) is 0. The van der Waals surface area contributed by atoms with Gasteiger partial charge in [0.15, 0.2) is 0 Å². The third kappa shape index (κ3) is 4.43. The molecule has 0 unspecified atom stereocenters. The summed E-state index contributed by atoms with van der Waals surface area (Å²) >= 11 is 0. The standard InChI is InChI=1S/C42H29N/c1-3-14-31(15-4-1)41-39-21-11-9-19-37(39)38-20-10-12-22-40(38)42(41)32-24-26-35(27-25-32)43(34-17-5-2-6-18-34)36-28-23-30-13-7-8-16-33(30)29-36/h1-29H. The molecule has 0 fully saturated rings. The van der Waals surface area contributed by atoms with Crippen LogP contribution in [0.25, 0.3) is 54.6 Å². The fraction of sp³-hybridized carbons (Fsp3) is 0. The Kier molecular flexibility index (Phi) is 6.20. The van der Waals surface area contributed by atoms with E-state index in [1.165, 1.54) is 54.6 Å². The van der Waals surface area contributed by atoms with E-state index in [-0.39, 0.29) is 0 Å². The monoisotopic (exact) mass is 547 g/mol. The molecule has 0 aliphatic rings. The van der Waals surface area contributed by atoms with Gasteiger partial charge in [-0.3, -0.25) is 0 Å². The molecule has 1 heteroatoms. The number of hydrogen-bond acceptors (Lipinski definition) is 1. The minimum absolute atomic E-state index is 1.12. The lowest BCUT2D eigenvalue weighted by Crippen LogP contribution is -2.09. The minimum Gasteiger partial charge on any atom is -0.310 e. The Balaban J connectivity index is 1.34. The van der Waals surface area contributed by atoms with Crippen LogP contribution >= 0.6 is 0 Å². The van der Waals surface area contributed by atoms with Crippen molar-refractivity contribution in [1.29, 1.82) is 0 Å². The molecule has 0 heterocycles. The van der Waals surface area contributed by atoms with Gasteiger partial charge < -0.3 is 4.90 Å². The van der Waals surface area contributed by atoms with Gasteiger partial charge in [0.05, 0.1) is 0 Å². The second-order valence-corrected chi connectivity index (χ2v) is 11.0. The Morgan fingerprint density at radius 1 is 0.279 bits per heavy atom. The molecule has 202 valence electrons. The Bertz CT molecular complexity index is 2220. The van der Waals surface area contributed by atoms with Gasteiger partial charge in [0, 0.05) is 17.1 Å². The van der Waals surface area contributed by atoms with E-state index in [1.807, 2.05) is 0 Å². The van der Waals surface area contributed by atoms with Crippen molar-refractivity contribution in [3.05, 3.63) is 176 Å². The molecule has 0 radical (unpaired) electrons. The maximum Gasteiger partial charge on any atom is 0.0468 e. The number of para-hydroxylation sites is 1. The summed E-state index contributed by atoms with van der Waals surface area (Å²) in [4.78, 5) is 2.34. The highest BCUT2D eigenvalue weighted by molar-refractivity contribution is 6.21. The molecule has 0 atom stereocenters. The molecule has 0 amide bonds. The third-order valence-electron chi connectivity index (χ3n) is 8.42. The van der Waals surface area contributed by atoms with Crippen LogP contribution in [0.15, 0.2) is 176 Å². The third-order valence-corrected chi connectivity index (χ3v) is 8.42. The van der Waals surface area contributed by atoms with Gasteiger partial charge in [-0.05, 0) is 91.0 Å². The first-order chi connectivity index (χ1) is 21.3. The predicted molar refractivity (Wildman–Crippen MR) is 185 cm³/mol. The Hall–Kier alpha value is -5.66. The van der Waals surface area contributed by atoms with Crippen LogP contribution in [-0.4, -0.2) is 0 Å². The van der Waals surface area contributed by atoms with Gasteiger partial charge in [0.1, 0.15) is 0 Å². The summed E-state index contributed by atoms with van der Waals surface area (Å²) in [5.74, 6) is 0. The van der Waals surface area contributed by atoms with Crippen LogP contribution in [0.4, 0.5) is 17.1 Å². The first-order valence-electron chi connectivity index (χ1n) is 14.8. The molecular formula is C42H29N. The quantitative estimate of drug-likeness (QED) is 0.194. The number of fused-ring (bicyclic) bond motifs is 4. The molecule has 0 saturated heterocycles. The van der Waals surface area contributed by atoms with Gasteiger partial charge in [-0.2, -0.15) is 0 Å². The van der Waals surface area contributed by atoms with E-state index in [2.05, 4.69) is 181 Å². The van der Waals surface area contributed by atoms with E-state index >= 15 is 0 Å². The van der Waals surface area contributed by atoms with Crippen molar-refractivity contribution >= 4 is 49.4 Å². The van der Waals surface area contributed by atoms with Gasteiger partial charge in [0.25, 0.3) is 0 Å². The maximum atomic E-state index is 2.34. The first-order valence-corrected chi connectivity index (χ1v) is 14.8. The number of nitrogens with zero attached hydrogens (tertiary/aromatic N) is 1. The predicted octanol–water partition coefficient (Wildman–Crippen LogP) is 11.9. The minimum atomic E-state index is 1.12. The number of benzene rings is 8. The summed E-state index contributed by atoms with van der Waals surface area (Å²) in [6, 6.07) is 63.4. The molecule has 8 rings (SSSR count). The summed E-state index contributed by atoms with van der Waals surface area (Å²) in [6.45, 7) is 0. The summed E-state index contributed by atoms with van der Waals surface area (Å²) < 4.78 is 0. The zero-order valence-corrected chi connectivity index (χ0v) is 23.7. The molecule has 0 aliphatic heterocycles. The van der Waals surface area contributed by atoms with Crippen LogP contribution < -0.4 is 4.90 Å². The van der Waals surface area contributed by atoms with E-state index in [0.717, 1.165) is 17.1 Å². The lowest BCUT2D eigenvalue weighted by Gasteiger charge is -2.26. The Labute approximate surface area is 251 Å². The van der Waals surface area contributed by atoms with Crippen LogP contribution in [0.1, 0.15) is 0 Å². The molecule has 1 nitrogen and oxygen atoms in total. The molecule has 43 heavy (non-hydrogen) atoms. The van der Waals surface area contributed by atoms with Crippen molar-refractivity contribution in [3.63, 3.8) is 0 Å². The average molecular weight is 548 g/mol. The molecule has 0 bridgehead atoms. The van der Waals surface area contributed by atoms with E-state index in [9.17, 15) is 0 Å². The van der Waals surface area contributed by atoms with E-state index in [0.29, 0.717) is 0 Å². The highest BCUT2D eigenvalue weighted by atomic mass is 15.1. The van der Waals surface area contributed by atoms with Crippen LogP contribution in [0, 0.1) is 0 Å². The molecule has 8 aromatic rings. The van der Waals surface area contributed by atoms with Crippen molar-refractivity contribution in [2.45, 2.75) is 0 Å². The average Bonchev–Trinajstić information content (AvgIpc) is 3.09. The van der Waals surface area contributed by atoms with Gasteiger partial charge in [-0.15, -0.1) is 0 Å².